The molecular formula is C50H30O. The average molecular weight is 677 g/mol. The molecular weight excluding hydrogens is 617 g/mol. The summed E-state index contributed by atoms with van der Waals surface area (Å²) < 4.78 is 278. The van der Waals surface area contributed by atoms with Crippen LogP contribution in [0.4, 0.5) is 0 Å². The molecule has 0 N–H and O–H groups in total. The summed E-state index contributed by atoms with van der Waals surface area (Å²) in [6.45, 7) is 0. The first-order chi connectivity index (χ1) is 37.8. The third-order valence-corrected chi connectivity index (χ3v) is 8.56. The molecule has 0 amide bonds. The molecule has 11 aromatic rings. The van der Waals surface area contributed by atoms with Crippen molar-refractivity contribution in [2.24, 2.45) is 0 Å². The van der Waals surface area contributed by atoms with Gasteiger partial charge in [0.25, 0.3) is 0 Å². The van der Waals surface area contributed by atoms with Crippen LogP contribution in [0.3, 0.4) is 0 Å². The van der Waals surface area contributed by atoms with E-state index in [0.29, 0.717) is 0 Å². The zero-order valence-corrected chi connectivity index (χ0v) is 25.4. The van der Waals surface area contributed by atoms with Gasteiger partial charge in [-0.15, -0.1) is 0 Å². The maximum Gasteiger partial charge on any atom is 0.143 e. The van der Waals surface area contributed by atoms with Gasteiger partial charge in [-0.1, -0.05) is 163 Å². The molecule has 0 fully saturated rings. The first-order valence-electron chi connectivity index (χ1n) is 30.2. The van der Waals surface area contributed by atoms with E-state index in [0.717, 1.165) is 0 Å². The van der Waals surface area contributed by atoms with Gasteiger partial charge in [0.1, 0.15) is 11.2 Å². The van der Waals surface area contributed by atoms with E-state index in [1.165, 1.54) is 0 Å². The van der Waals surface area contributed by atoms with Crippen molar-refractivity contribution >= 4 is 75.8 Å². The molecule has 1 heterocycles. The molecule has 236 valence electrons. The molecule has 10 aromatic carbocycles. The Morgan fingerprint density at radius 3 is 1.51 bits per heavy atom. The summed E-state index contributed by atoms with van der Waals surface area (Å²) in [6.07, 6.45) is 0. The van der Waals surface area contributed by atoms with Crippen LogP contribution in [0.5, 0.6) is 0 Å². The molecule has 51 heavy (non-hydrogen) atoms. The number of benzene rings is 10. The monoisotopic (exact) mass is 676 g/mol. The highest BCUT2D eigenvalue weighted by Gasteiger charge is 2.18. The quantitative estimate of drug-likeness (QED) is 0.134. The summed E-state index contributed by atoms with van der Waals surface area (Å²) in [7, 11) is 0. The van der Waals surface area contributed by atoms with E-state index in [9.17, 15) is 15.1 Å². The van der Waals surface area contributed by atoms with Gasteiger partial charge in [-0.3, -0.25) is 0 Å². The molecule has 0 aliphatic carbocycles. The Balaban J connectivity index is 1.35. The lowest BCUT2D eigenvalue weighted by Crippen LogP contribution is -1.91. The summed E-state index contributed by atoms with van der Waals surface area (Å²) in [5.74, 6) is 0. The standard InChI is InChI=1S/C50H30O/c1-3-12-36-31(10-1)24-27-40-37(18-9-19-39(36)40)33-20-22-34(23-21-33)48-41-14-5-7-16-43(41)49(44-17-8-6-15-42(44)48)35-26-29-47-46(30-35)45-28-25-32-11-2-4-13-38(32)50(45)51-47/h1-30H/i1D,2D,3D,4D,5D,6D,7D,8D,9D,10D,11D,12D,13D,14D,15D,16D,17D,18D,19D,20D,21D,22D,23D,24D,25D,26D,27D,28D,29D,30D. The fraction of sp³-hybridized carbons (Fsp3) is 0. The molecule has 0 atom stereocenters. The molecule has 0 radical (unpaired) electrons. The second kappa shape index (κ2) is 10.9. The third kappa shape index (κ3) is 4.22. The van der Waals surface area contributed by atoms with Crippen LogP contribution < -0.4 is 0 Å². The van der Waals surface area contributed by atoms with E-state index in [1.54, 1.807) is 0 Å². The molecule has 1 aromatic heterocycles. The van der Waals surface area contributed by atoms with Crippen LogP contribution in [0, 0.1) is 0 Å². The van der Waals surface area contributed by atoms with Crippen LogP contribution >= 0.6 is 0 Å². The van der Waals surface area contributed by atoms with Crippen molar-refractivity contribution in [1.29, 1.82) is 0 Å². The second-order valence-electron chi connectivity index (χ2n) is 11.3. The van der Waals surface area contributed by atoms with E-state index in [-0.39, 0.29) is 0 Å². The van der Waals surface area contributed by atoms with Crippen molar-refractivity contribution in [3.63, 3.8) is 0 Å². The predicted octanol–water partition coefficient (Wildman–Crippen LogP) is 14.4. The molecule has 1 nitrogen and oxygen atoms in total. The van der Waals surface area contributed by atoms with Crippen molar-refractivity contribution < 1.29 is 45.5 Å². The average Bonchev–Trinajstić information content (AvgIpc) is 3.31. The number of furan rings is 1. The minimum atomic E-state index is -1.14. The molecule has 11 rings (SSSR count). The maximum absolute atomic E-state index is 9.86. The molecule has 0 saturated carbocycles. The van der Waals surface area contributed by atoms with Gasteiger partial charge in [0, 0.05) is 16.2 Å². The molecule has 0 unspecified atom stereocenters. The van der Waals surface area contributed by atoms with Gasteiger partial charge in [-0.05, 0) is 100.0 Å². The summed E-state index contributed by atoms with van der Waals surface area (Å²) >= 11 is 0. The highest BCUT2D eigenvalue weighted by atomic mass is 16.3. The lowest BCUT2D eigenvalue weighted by molar-refractivity contribution is 0.672. The highest BCUT2D eigenvalue weighted by Crippen LogP contribution is 2.45. The first-order valence-corrected chi connectivity index (χ1v) is 15.2. The number of hydrogen-bond acceptors (Lipinski definition) is 1. The van der Waals surface area contributed by atoms with Crippen LogP contribution in [0.1, 0.15) is 41.1 Å². The zero-order valence-electron chi connectivity index (χ0n) is 55.4. The number of hydrogen-bond donors (Lipinski definition) is 0. The lowest BCUT2D eigenvalue weighted by atomic mass is 9.85. The highest BCUT2D eigenvalue weighted by molar-refractivity contribution is 6.23. The van der Waals surface area contributed by atoms with E-state index in [2.05, 4.69) is 0 Å². The molecule has 0 saturated heterocycles. The topological polar surface area (TPSA) is 13.1 Å². The fourth-order valence-electron chi connectivity index (χ4n) is 6.35. The van der Waals surface area contributed by atoms with Gasteiger partial charge in [0.15, 0.2) is 0 Å². The smallest absolute Gasteiger partial charge is 0.143 e. The van der Waals surface area contributed by atoms with E-state index >= 15 is 0 Å². The second-order valence-corrected chi connectivity index (χ2v) is 11.3. The van der Waals surface area contributed by atoms with E-state index in [1.807, 2.05) is 0 Å². The summed E-state index contributed by atoms with van der Waals surface area (Å²) in [4.78, 5) is 0. The fourth-order valence-corrected chi connectivity index (χ4v) is 6.35. The molecule has 0 aliphatic heterocycles. The zero-order chi connectivity index (χ0) is 59.6. The van der Waals surface area contributed by atoms with E-state index < -0.39 is 290 Å². The normalized spacial score (nSPS) is 20.2. The van der Waals surface area contributed by atoms with E-state index in [4.69, 9.17) is 30.5 Å². The van der Waals surface area contributed by atoms with Crippen molar-refractivity contribution in [2.45, 2.75) is 0 Å². The number of rotatable bonds is 3. The Bertz CT molecular complexity index is 4820. The molecule has 0 spiro atoms. The first kappa shape index (κ1) is 11.7. The predicted molar refractivity (Wildman–Crippen MR) is 218 cm³/mol. The van der Waals surface area contributed by atoms with Crippen LogP contribution in [0.15, 0.2) is 186 Å². The Hall–Kier alpha value is -6.70. The van der Waals surface area contributed by atoms with Gasteiger partial charge in [0.2, 0.25) is 0 Å². The molecule has 1 heteroatoms. The van der Waals surface area contributed by atoms with Crippen LogP contribution in [0.25, 0.3) is 109 Å². The minimum absolute atomic E-state index is 0.430. The van der Waals surface area contributed by atoms with Gasteiger partial charge in [0.05, 0.1) is 41.1 Å². The van der Waals surface area contributed by atoms with Crippen molar-refractivity contribution in [3.05, 3.63) is 181 Å². The SMILES string of the molecule is [2H]c1c([2H])c(-c2c([2H])c([2H])c([2H])c3c2c([2H])c([2H])c2c([2H])c([2H])c([2H])c([2H])c23)c([2H])c([2H])c1-c1c2c([2H])c([2H])c([2H])c([2H])c2c(-c2c([2H])c([2H])c3oc4c5c([2H])c([2H])c([2H])c([2H])c5c([2H])c([2H])c4c3c2[2H])c2c([2H])c([2H])c([2H])c([2H])c12. The Kier molecular flexibility index (Phi) is 2.50. The Morgan fingerprint density at radius 2 is 0.824 bits per heavy atom. The van der Waals surface area contributed by atoms with Crippen LogP contribution in [0.2, 0.25) is 0 Å². The van der Waals surface area contributed by atoms with Gasteiger partial charge in [-0.2, -0.15) is 0 Å². The summed E-state index contributed by atoms with van der Waals surface area (Å²) in [5, 5.41) is -7.29. The van der Waals surface area contributed by atoms with Crippen LogP contribution in [-0.4, -0.2) is 0 Å². The molecule has 0 bridgehead atoms. The maximum atomic E-state index is 9.86. The van der Waals surface area contributed by atoms with Gasteiger partial charge >= 0.3 is 0 Å². The third-order valence-electron chi connectivity index (χ3n) is 8.56. The van der Waals surface area contributed by atoms with Crippen molar-refractivity contribution in [1.82, 2.24) is 0 Å². The van der Waals surface area contributed by atoms with Gasteiger partial charge in [-0.25, -0.2) is 0 Å². The molecule has 0 aliphatic rings. The summed E-state index contributed by atoms with van der Waals surface area (Å²) in [5.41, 5.74) is -6.00. The lowest BCUT2D eigenvalue weighted by Gasteiger charge is -2.18. The number of fused-ring (bicyclic) bond motifs is 10. The van der Waals surface area contributed by atoms with Gasteiger partial charge < -0.3 is 4.42 Å². The van der Waals surface area contributed by atoms with Crippen molar-refractivity contribution in [3.8, 4) is 33.4 Å². The van der Waals surface area contributed by atoms with Crippen molar-refractivity contribution in [2.75, 3.05) is 0 Å². The summed E-state index contributed by atoms with van der Waals surface area (Å²) in [6, 6.07) is -27.9. The van der Waals surface area contributed by atoms with Crippen LogP contribution in [-0.2, 0) is 0 Å². The Morgan fingerprint density at radius 1 is 0.314 bits per heavy atom. The Labute approximate surface area is 336 Å². The largest absolute Gasteiger partial charge is 0.455 e. The minimum Gasteiger partial charge on any atom is -0.455 e.